The maximum absolute atomic E-state index is 13.1. The van der Waals surface area contributed by atoms with Crippen molar-refractivity contribution in [3.05, 3.63) is 29.8 Å². The fourth-order valence-electron chi connectivity index (χ4n) is 6.31. The standard InChI is InChI=1S/C17H27NO2S.C13H24N2O2/c1-5-15-7-6-8-17(13(2)3)18(15)21(19,20)16-11-9-14(4)10-12-16;1-17-13(16)15-10-6-12(7-11-15)14-8-4-2-3-5-9-14/h9-13,15,17H,5-8H2,1-4H3;12H,2-11H2,1H3. The molecule has 38 heavy (non-hydrogen) atoms. The van der Waals surface area contributed by atoms with Gasteiger partial charge in [0.05, 0.1) is 12.0 Å². The van der Waals surface area contributed by atoms with Gasteiger partial charge in [0.15, 0.2) is 0 Å². The number of likely N-dealkylation sites (tertiary alicyclic amines) is 2. The second-order valence-electron chi connectivity index (χ2n) is 11.6. The molecular weight excluding hydrogens is 498 g/mol. The van der Waals surface area contributed by atoms with E-state index in [1.165, 1.54) is 45.9 Å². The lowest BCUT2D eigenvalue weighted by Crippen LogP contribution is -2.51. The summed E-state index contributed by atoms with van der Waals surface area (Å²) in [6.07, 6.45) is 11.5. The molecule has 0 N–H and O–H groups in total. The van der Waals surface area contributed by atoms with Crippen LogP contribution in [0.2, 0.25) is 0 Å². The average molecular weight is 550 g/mol. The van der Waals surface area contributed by atoms with Crippen molar-refractivity contribution in [2.45, 2.75) is 115 Å². The van der Waals surface area contributed by atoms with E-state index in [1.807, 2.05) is 28.3 Å². The third kappa shape index (κ3) is 7.95. The third-order valence-corrected chi connectivity index (χ3v) is 10.6. The van der Waals surface area contributed by atoms with E-state index in [9.17, 15) is 13.2 Å². The van der Waals surface area contributed by atoms with Crippen molar-refractivity contribution in [1.82, 2.24) is 14.1 Å². The Morgan fingerprint density at radius 3 is 2.05 bits per heavy atom. The zero-order valence-corrected chi connectivity index (χ0v) is 25.2. The normalized spacial score (nSPS) is 24.4. The van der Waals surface area contributed by atoms with Gasteiger partial charge in [0.25, 0.3) is 0 Å². The van der Waals surface area contributed by atoms with Crippen LogP contribution in [0.5, 0.6) is 0 Å². The molecule has 3 saturated heterocycles. The molecule has 3 fully saturated rings. The fourth-order valence-corrected chi connectivity index (χ4v) is 8.38. The summed E-state index contributed by atoms with van der Waals surface area (Å²) in [4.78, 5) is 16.3. The zero-order valence-electron chi connectivity index (χ0n) is 24.4. The molecule has 0 spiro atoms. The van der Waals surface area contributed by atoms with Crippen molar-refractivity contribution in [1.29, 1.82) is 0 Å². The maximum Gasteiger partial charge on any atom is 0.409 e. The van der Waals surface area contributed by atoms with Crippen molar-refractivity contribution in [3.63, 3.8) is 0 Å². The monoisotopic (exact) mass is 549 g/mol. The van der Waals surface area contributed by atoms with Crippen molar-refractivity contribution in [2.75, 3.05) is 33.3 Å². The smallest absolute Gasteiger partial charge is 0.409 e. The summed E-state index contributed by atoms with van der Waals surface area (Å²) in [6.45, 7) is 12.5. The number of hydrogen-bond acceptors (Lipinski definition) is 5. The van der Waals surface area contributed by atoms with E-state index in [0.717, 1.165) is 57.2 Å². The fraction of sp³-hybridized carbons (Fsp3) is 0.767. The summed E-state index contributed by atoms with van der Waals surface area (Å²) >= 11 is 0. The highest BCUT2D eigenvalue weighted by Crippen LogP contribution is 2.34. The Balaban J connectivity index is 0.000000215. The highest BCUT2D eigenvalue weighted by Gasteiger charge is 2.40. The number of carbonyl (C=O) groups is 1. The molecule has 0 aromatic heterocycles. The summed E-state index contributed by atoms with van der Waals surface area (Å²) in [5.41, 5.74) is 1.08. The van der Waals surface area contributed by atoms with Crippen LogP contribution in [0.4, 0.5) is 4.79 Å². The number of aryl methyl sites for hydroxylation is 1. The van der Waals surface area contributed by atoms with Gasteiger partial charge < -0.3 is 14.5 Å². The number of hydrogen-bond donors (Lipinski definition) is 0. The number of amides is 1. The van der Waals surface area contributed by atoms with Gasteiger partial charge in [-0.15, -0.1) is 0 Å². The summed E-state index contributed by atoms with van der Waals surface area (Å²) in [7, 11) is -1.94. The SMILES string of the molecule is CCC1CCCC(C(C)C)N1S(=O)(=O)c1ccc(C)cc1.COC(=O)N1CCC(N2CCCCCC2)CC1. The minimum atomic E-state index is -3.40. The molecule has 3 aliphatic rings. The van der Waals surface area contributed by atoms with Gasteiger partial charge in [-0.25, -0.2) is 13.2 Å². The van der Waals surface area contributed by atoms with Crippen LogP contribution in [0.15, 0.2) is 29.2 Å². The predicted molar refractivity (Wildman–Crippen MR) is 154 cm³/mol. The Morgan fingerprint density at radius 1 is 0.921 bits per heavy atom. The Labute approximate surface area is 231 Å². The zero-order chi connectivity index (χ0) is 27.7. The van der Waals surface area contributed by atoms with Crippen LogP contribution in [0.25, 0.3) is 0 Å². The van der Waals surface area contributed by atoms with Gasteiger partial charge >= 0.3 is 6.09 Å². The summed E-state index contributed by atoms with van der Waals surface area (Å²) < 4.78 is 32.8. The number of benzene rings is 1. The molecule has 8 heteroatoms. The van der Waals surface area contributed by atoms with E-state index >= 15 is 0 Å². The Bertz CT molecular complexity index is 950. The number of methoxy groups -OCH3 is 1. The molecule has 0 saturated carbocycles. The topological polar surface area (TPSA) is 70.2 Å². The number of piperidine rings is 2. The average Bonchev–Trinajstić information content (AvgIpc) is 3.22. The first-order valence-corrected chi connectivity index (χ1v) is 16.3. The van der Waals surface area contributed by atoms with Gasteiger partial charge in [-0.1, -0.05) is 57.7 Å². The van der Waals surface area contributed by atoms with Crippen LogP contribution in [0, 0.1) is 12.8 Å². The molecule has 1 aromatic rings. The number of sulfonamides is 1. The lowest BCUT2D eigenvalue weighted by atomic mass is 9.90. The largest absolute Gasteiger partial charge is 0.453 e. The first-order valence-electron chi connectivity index (χ1n) is 14.9. The van der Waals surface area contributed by atoms with E-state index < -0.39 is 10.0 Å². The van der Waals surface area contributed by atoms with Gasteiger partial charge in [-0.3, -0.25) is 0 Å². The van der Waals surface area contributed by atoms with Crippen LogP contribution < -0.4 is 0 Å². The molecule has 1 amide bonds. The Hall–Kier alpha value is -1.64. The maximum atomic E-state index is 13.1. The Morgan fingerprint density at radius 2 is 1.53 bits per heavy atom. The lowest BCUT2D eigenvalue weighted by molar-refractivity contribution is 0.0851. The van der Waals surface area contributed by atoms with Gasteiger partial charge in [-0.05, 0) is 83.0 Å². The van der Waals surface area contributed by atoms with Gasteiger partial charge in [0, 0.05) is 31.2 Å². The molecule has 216 valence electrons. The quantitative estimate of drug-likeness (QED) is 0.446. The molecule has 3 heterocycles. The van der Waals surface area contributed by atoms with Gasteiger partial charge in [0.1, 0.15) is 0 Å². The van der Waals surface area contributed by atoms with Crippen LogP contribution in [-0.4, -0.2) is 80.0 Å². The van der Waals surface area contributed by atoms with E-state index in [-0.39, 0.29) is 18.2 Å². The first kappa shape index (κ1) is 30.9. The predicted octanol–water partition coefficient (Wildman–Crippen LogP) is 6.07. The molecule has 0 aliphatic carbocycles. The van der Waals surface area contributed by atoms with Crippen LogP contribution in [-0.2, 0) is 14.8 Å². The molecule has 2 atom stereocenters. The van der Waals surface area contributed by atoms with Crippen molar-refractivity contribution >= 4 is 16.1 Å². The molecule has 7 nitrogen and oxygen atoms in total. The van der Waals surface area contributed by atoms with E-state index in [1.54, 1.807) is 12.1 Å². The Kier molecular flexibility index (Phi) is 11.9. The van der Waals surface area contributed by atoms with Gasteiger partial charge in [0.2, 0.25) is 10.0 Å². The summed E-state index contributed by atoms with van der Waals surface area (Å²) in [6, 6.07) is 8.18. The molecule has 0 bridgehead atoms. The van der Waals surface area contributed by atoms with Crippen LogP contribution in [0.1, 0.15) is 90.5 Å². The molecule has 0 radical (unpaired) electrons. The van der Waals surface area contributed by atoms with Crippen molar-refractivity contribution in [2.24, 2.45) is 5.92 Å². The van der Waals surface area contributed by atoms with Crippen LogP contribution in [0.3, 0.4) is 0 Å². The number of carbonyl (C=O) groups excluding carboxylic acids is 1. The van der Waals surface area contributed by atoms with E-state index in [4.69, 9.17) is 4.74 Å². The second-order valence-corrected chi connectivity index (χ2v) is 13.4. The van der Waals surface area contributed by atoms with Crippen molar-refractivity contribution < 1.29 is 17.9 Å². The molecule has 4 rings (SSSR count). The van der Waals surface area contributed by atoms with Crippen molar-refractivity contribution in [3.8, 4) is 0 Å². The minimum absolute atomic E-state index is 0.120. The first-order chi connectivity index (χ1) is 18.2. The lowest BCUT2D eigenvalue weighted by Gasteiger charge is -2.42. The van der Waals surface area contributed by atoms with Gasteiger partial charge in [-0.2, -0.15) is 4.31 Å². The number of rotatable bonds is 5. The van der Waals surface area contributed by atoms with E-state index in [0.29, 0.717) is 16.9 Å². The highest BCUT2D eigenvalue weighted by molar-refractivity contribution is 7.89. The highest BCUT2D eigenvalue weighted by atomic mass is 32.2. The molecule has 3 aliphatic heterocycles. The minimum Gasteiger partial charge on any atom is -0.453 e. The molecule has 2 unspecified atom stereocenters. The second kappa shape index (κ2) is 14.7. The summed E-state index contributed by atoms with van der Waals surface area (Å²) in [5.74, 6) is 0.347. The third-order valence-electron chi connectivity index (χ3n) is 8.62. The van der Waals surface area contributed by atoms with Crippen LogP contribution >= 0.6 is 0 Å². The summed E-state index contributed by atoms with van der Waals surface area (Å²) in [5, 5.41) is 0. The number of nitrogens with zero attached hydrogens (tertiary/aromatic N) is 3. The molecular formula is C30H51N3O4S. The molecule has 1 aromatic carbocycles. The number of ether oxygens (including phenoxy) is 1. The van der Waals surface area contributed by atoms with E-state index in [2.05, 4.69) is 25.7 Å².